The van der Waals surface area contributed by atoms with Gasteiger partial charge in [0.2, 0.25) is 5.01 Å². The van der Waals surface area contributed by atoms with E-state index in [-0.39, 0.29) is 5.91 Å². The SMILES string of the molecule is Cc1ccc(CNC(=O)c2nnc(CN(Cc3ccccc3)Cc3ccccc3)s2)cc1. The molecule has 4 rings (SSSR count). The highest BCUT2D eigenvalue weighted by Crippen LogP contribution is 2.17. The van der Waals surface area contributed by atoms with E-state index < -0.39 is 0 Å². The number of amides is 1. The molecule has 0 aliphatic heterocycles. The molecule has 5 nitrogen and oxygen atoms in total. The van der Waals surface area contributed by atoms with Gasteiger partial charge < -0.3 is 5.32 Å². The summed E-state index contributed by atoms with van der Waals surface area (Å²) in [6.45, 7) is 4.74. The predicted octanol–water partition coefficient (Wildman–Crippen LogP) is 4.98. The minimum Gasteiger partial charge on any atom is -0.346 e. The topological polar surface area (TPSA) is 58.1 Å². The van der Waals surface area contributed by atoms with E-state index in [2.05, 4.69) is 68.9 Å². The first-order valence-corrected chi connectivity index (χ1v) is 11.4. The van der Waals surface area contributed by atoms with Gasteiger partial charge >= 0.3 is 0 Å². The minimum absolute atomic E-state index is 0.188. The van der Waals surface area contributed by atoms with Crippen LogP contribution >= 0.6 is 11.3 Å². The van der Waals surface area contributed by atoms with Gasteiger partial charge in [-0.05, 0) is 23.6 Å². The number of hydrogen-bond donors (Lipinski definition) is 1. The number of carbonyl (C=O) groups excluding carboxylic acids is 1. The molecule has 1 amide bonds. The highest BCUT2D eigenvalue weighted by molar-refractivity contribution is 7.13. The molecule has 0 unspecified atom stereocenters. The van der Waals surface area contributed by atoms with Gasteiger partial charge in [0.25, 0.3) is 5.91 Å². The maximum atomic E-state index is 12.5. The normalized spacial score (nSPS) is 10.9. The Hall–Kier alpha value is -3.35. The number of aryl methyl sites for hydroxylation is 1. The zero-order valence-corrected chi connectivity index (χ0v) is 18.9. The second-order valence-electron chi connectivity index (χ2n) is 7.79. The van der Waals surface area contributed by atoms with Crippen LogP contribution in [0.3, 0.4) is 0 Å². The van der Waals surface area contributed by atoms with Gasteiger partial charge in [-0.25, -0.2) is 0 Å². The summed E-state index contributed by atoms with van der Waals surface area (Å²) < 4.78 is 0. The van der Waals surface area contributed by atoms with E-state index in [1.54, 1.807) is 0 Å². The molecule has 0 saturated carbocycles. The average Bonchev–Trinajstić information content (AvgIpc) is 3.28. The first-order chi connectivity index (χ1) is 15.7. The number of aromatic nitrogens is 2. The van der Waals surface area contributed by atoms with Gasteiger partial charge in [-0.15, -0.1) is 10.2 Å². The standard InChI is InChI=1S/C26H26N4OS/c1-20-12-14-21(15-13-20)16-27-25(31)26-29-28-24(32-26)19-30(17-22-8-4-2-5-9-22)18-23-10-6-3-7-11-23/h2-15H,16-19H2,1H3,(H,27,31). The molecule has 0 spiro atoms. The molecule has 6 heteroatoms. The smallest absolute Gasteiger partial charge is 0.282 e. The van der Waals surface area contributed by atoms with Crippen molar-refractivity contribution in [1.82, 2.24) is 20.4 Å². The Balaban J connectivity index is 1.40. The van der Waals surface area contributed by atoms with Crippen LogP contribution in [-0.2, 0) is 26.2 Å². The third-order valence-corrected chi connectivity index (χ3v) is 6.00. The summed E-state index contributed by atoms with van der Waals surface area (Å²) >= 11 is 1.35. The number of carbonyl (C=O) groups is 1. The Morgan fingerprint density at radius 3 is 1.97 bits per heavy atom. The maximum absolute atomic E-state index is 12.5. The van der Waals surface area contributed by atoms with E-state index in [9.17, 15) is 4.79 Å². The number of hydrogen-bond acceptors (Lipinski definition) is 5. The third kappa shape index (κ3) is 6.33. The van der Waals surface area contributed by atoms with Crippen molar-refractivity contribution < 1.29 is 4.79 Å². The van der Waals surface area contributed by atoms with E-state index in [4.69, 9.17) is 0 Å². The molecule has 0 bridgehead atoms. The van der Waals surface area contributed by atoms with Crippen LogP contribution in [-0.4, -0.2) is 21.0 Å². The predicted molar refractivity (Wildman–Crippen MR) is 128 cm³/mol. The zero-order valence-electron chi connectivity index (χ0n) is 18.1. The van der Waals surface area contributed by atoms with Crippen molar-refractivity contribution in [2.45, 2.75) is 33.1 Å². The largest absolute Gasteiger partial charge is 0.346 e. The molecule has 0 fully saturated rings. The molecular formula is C26H26N4OS. The summed E-state index contributed by atoms with van der Waals surface area (Å²) in [5, 5.41) is 12.6. The van der Waals surface area contributed by atoms with E-state index in [1.165, 1.54) is 28.0 Å². The van der Waals surface area contributed by atoms with Gasteiger partial charge in [-0.2, -0.15) is 0 Å². The second-order valence-corrected chi connectivity index (χ2v) is 8.85. The molecule has 0 radical (unpaired) electrons. The lowest BCUT2D eigenvalue weighted by Crippen LogP contribution is -2.22. The molecule has 1 N–H and O–H groups in total. The first kappa shape index (κ1) is 21.9. The fourth-order valence-electron chi connectivity index (χ4n) is 3.42. The molecule has 0 aliphatic carbocycles. The van der Waals surface area contributed by atoms with Gasteiger partial charge in [0.15, 0.2) is 0 Å². The van der Waals surface area contributed by atoms with Crippen molar-refractivity contribution in [2.24, 2.45) is 0 Å². The van der Waals surface area contributed by atoms with Crippen LogP contribution in [0.4, 0.5) is 0 Å². The summed E-state index contributed by atoms with van der Waals surface area (Å²) in [4.78, 5) is 14.9. The summed E-state index contributed by atoms with van der Waals surface area (Å²) in [5.41, 5.74) is 4.74. The van der Waals surface area contributed by atoms with Crippen molar-refractivity contribution in [3.05, 3.63) is 117 Å². The highest BCUT2D eigenvalue weighted by atomic mass is 32.1. The molecule has 162 valence electrons. The molecule has 3 aromatic carbocycles. The van der Waals surface area contributed by atoms with Crippen LogP contribution in [0.15, 0.2) is 84.9 Å². The monoisotopic (exact) mass is 442 g/mol. The number of rotatable bonds is 9. The number of benzene rings is 3. The Labute approximate surface area is 192 Å². The lowest BCUT2D eigenvalue weighted by molar-refractivity contribution is 0.0950. The van der Waals surface area contributed by atoms with Gasteiger partial charge in [-0.1, -0.05) is 102 Å². The first-order valence-electron chi connectivity index (χ1n) is 10.6. The lowest BCUT2D eigenvalue weighted by Gasteiger charge is -2.21. The molecule has 4 aromatic rings. The molecule has 0 atom stereocenters. The second kappa shape index (κ2) is 10.8. The van der Waals surface area contributed by atoms with Crippen molar-refractivity contribution >= 4 is 17.2 Å². The summed E-state index contributed by atoms with van der Waals surface area (Å²) in [7, 11) is 0. The molecule has 32 heavy (non-hydrogen) atoms. The van der Waals surface area contributed by atoms with E-state index in [1.807, 2.05) is 43.3 Å². The minimum atomic E-state index is -0.188. The van der Waals surface area contributed by atoms with Crippen molar-refractivity contribution in [2.75, 3.05) is 0 Å². The van der Waals surface area contributed by atoms with Gasteiger partial charge in [-0.3, -0.25) is 9.69 Å². The van der Waals surface area contributed by atoms with Crippen molar-refractivity contribution in [1.29, 1.82) is 0 Å². The molecule has 0 aliphatic rings. The molecule has 1 aromatic heterocycles. The lowest BCUT2D eigenvalue weighted by atomic mass is 10.1. The summed E-state index contributed by atoms with van der Waals surface area (Å²) in [6.07, 6.45) is 0. The van der Waals surface area contributed by atoms with Crippen molar-refractivity contribution in [3.63, 3.8) is 0 Å². The van der Waals surface area contributed by atoms with Crippen LogP contribution in [0.2, 0.25) is 0 Å². The molecular weight excluding hydrogens is 416 g/mol. The van der Waals surface area contributed by atoms with Crippen LogP contribution in [0.1, 0.15) is 37.1 Å². The van der Waals surface area contributed by atoms with Crippen molar-refractivity contribution in [3.8, 4) is 0 Å². The van der Waals surface area contributed by atoms with E-state index >= 15 is 0 Å². The van der Waals surface area contributed by atoms with Crippen LogP contribution < -0.4 is 5.32 Å². The number of nitrogens with zero attached hydrogens (tertiary/aromatic N) is 3. The van der Waals surface area contributed by atoms with Crippen LogP contribution in [0, 0.1) is 6.92 Å². The fraction of sp³-hybridized carbons (Fsp3) is 0.192. The van der Waals surface area contributed by atoms with Gasteiger partial charge in [0.05, 0.1) is 6.54 Å². The van der Waals surface area contributed by atoms with Gasteiger partial charge in [0.1, 0.15) is 5.01 Å². The third-order valence-electron chi connectivity index (χ3n) is 5.09. The number of nitrogens with one attached hydrogen (secondary N) is 1. The quantitative estimate of drug-likeness (QED) is 0.397. The Morgan fingerprint density at radius 1 is 0.781 bits per heavy atom. The Bertz CT molecular complexity index is 1090. The van der Waals surface area contributed by atoms with E-state index in [0.29, 0.717) is 18.1 Å². The van der Waals surface area contributed by atoms with Gasteiger partial charge in [0, 0.05) is 19.6 Å². The Morgan fingerprint density at radius 2 is 1.38 bits per heavy atom. The average molecular weight is 443 g/mol. The maximum Gasteiger partial charge on any atom is 0.282 e. The van der Waals surface area contributed by atoms with E-state index in [0.717, 1.165) is 23.7 Å². The molecule has 1 heterocycles. The summed E-state index contributed by atoms with van der Waals surface area (Å²) in [6, 6.07) is 28.9. The van der Waals surface area contributed by atoms with Crippen LogP contribution in [0.5, 0.6) is 0 Å². The molecule has 0 saturated heterocycles. The van der Waals surface area contributed by atoms with Crippen LogP contribution in [0.25, 0.3) is 0 Å². The zero-order chi connectivity index (χ0) is 22.2. The Kier molecular flexibility index (Phi) is 7.38. The fourth-order valence-corrected chi connectivity index (χ4v) is 4.21. The highest BCUT2D eigenvalue weighted by Gasteiger charge is 2.16. The summed E-state index contributed by atoms with van der Waals surface area (Å²) in [5.74, 6) is -0.188.